The van der Waals surface area contributed by atoms with Crippen molar-refractivity contribution in [1.82, 2.24) is 9.55 Å². The molecule has 76 valence electrons. The second-order valence-corrected chi connectivity index (χ2v) is 3.79. The van der Waals surface area contributed by atoms with Crippen LogP contribution in [0.2, 0.25) is 5.15 Å². The van der Waals surface area contributed by atoms with Crippen LogP contribution in [0.5, 0.6) is 0 Å². The van der Waals surface area contributed by atoms with Gasteiger partial charge in [0.05, 0.1) is 0 Å². The number of aryl methyl sites for hydroxylation is 1. The molecule has 1 aliphatic heterocycles. The zero-order valence-electron chi connectivity index (χ0n) is 7.66. The summed E-state index contributed by atoms with van der Waals surface area (Å²) in [5.41, 5.74) is -0.0106. The first-order valence-corrected chi connectivity index (χ1v) is 5.06. The molecule has 0 amide bonds. The molecule has 0 spiro atoms. The summed E-state index contributed by atoms with van der Waals surface area (Å²) in [6.07, 6.45) is 4.09. The van der Waals surface area contributed by atoms with Crippen LogP contribution in [0.15, 0.2) is 0 Å². The third-order valence-corrected chi connectivity index (χ3v) is 2.85. The first kappa shape index (κ1) is 9.52. The highest BCUT2D eigenvalue weighted by molar-refractivity contribution is 6.32. The van der Waals surface area contributed by atoms with Crippen LogP contribution in [0.3, 0.4) is 0 Å². The lowest BCUT2D eigenvalue weighted by atomic mass is 10.2. The molecule has 0 aliphatic carbocycles. The lowest BCUT2D eigenvalue weighted by Crippen LogP contribution is -2.01. The molecular formula is C9H11ClN2O2. The van der Waals surface area contributed by atoms with E-state index in [1.165, 1.54) is 0 Å². The molecule has 0 atom stereocenters. The Kier molecular flexibility index (Phi) is 2.46. The molecule has 1 aliphatic rings. The van der Waals surface area contributed by atoms with Gasteiger partial charge in [0.1, 0.15) is 11.0 Å². The Hall–Kier alpha value is -1.03. The molecule has 2 heterocycles. The van der Waals surface area contributed by atoms with E-state index in [0.717, 1.165) is 38.1 Å². The number of carboxylic acids is 1. The van der Waals surface area contributed by atoms with E-state index in [2.05, 4.69) is 4.98 Å². The fraction of sp³-hybridized carbons (Fsp3) is 0.556. The van der Waals surface area contributed by atoms with Crippen molar-refractivity contribution in [2.24, 2.45) is 0 Å². The number of aromatic carboxylic acids is 1. The van der Waals surface area contributed by atoms with E-state index in [-0.39, 0.29) is 10.8 Å². The molecule has 1 N–H and O–H groups in total. The molecule has 0 saturated heterocycles. The van der Waals surface area contributed by atoms with E-state index in [0.29, 0.717) is 0 Å². The third-order valence-electron chi connectivity index (χ3n) is 2.47. The van der Waals surface area contributed by atoms with Crippen molar-refractivity contribution in [3.05, 3.63) is 16.7 Å². The van der Waals surface area contributed by atoms with E-state index < -0.39 is 5.97 Å². The predicted octanol–water partition coefficient (Wildman–Crippen LogP) is 1.96. The highest BCUT2D eigenvalue weighted by atomic mass is 35.5. The quantitative estimate of drug-likeness (QED) is 0.778. The van der Waals surface area contributed by atoms with Crippen LogP contribution in [0.25, 0.3) is 0 Å². The topological polar surface area (TPSA) is 55.1 Å². The molecule has 2 rings (SSSR count). The Bertz CT molecular complexity index is 373. The number of hydrogen-bond donors (Lipinski definition) is 1. The summed E-state index contributed by atoms with van der Waals surface area (Å²) in [5, 5.41) is 9.10. The summed E-state index contributed by atoms with van der Waals surface area (Å²) < 4.78 is 1.82. The summed E-state index contributed by atoms with van der Waals surface area (Å²) in [5.74, 6) is -0.236. The Balaban J connectivity index is 2.45. The minimum Gasteiger partial charge on any atom is -0.476 e. The van der Waals surface area contributed by atoms with Crippen LogP contribution in [0, 0.1) is 0 Å². The number of fused-ring (bicyclic) bond motifs is 1. The normalized spacial score (nSPS) is 16.1. The number of carbonyl (C=O) groups is 1. The maximum Gasteiger partial charge on any atom is 0.357 e. The highest BCUT2D eigenvalue weighted by Gasteiger charge is 2.21. The first-order chi connectivity index (χ1) is 6.70. The van der Waals surface area contributed by atoms with Crippen molar-refractivity contribution in [3.8, 4) is 0 Å². The number of hydrogen-bond acceptors (Lipinski definition) is 2. The monoisotopic (exact) mass is 214 g/mol. The van der Waals surface area contributed by atoms with Crippen LogP contribution >= 0.6 is 11.6 Å². The second kappa shape index (κ2) is 3.61. The molecule has 0 saturated carbocycles. The summed E-state index contributed by atoms with van der Waals surface area (Å²) in [6, 6.07) is 0. The third kappa shape index (κ3) is 1.50. The molecule has 1 aromatic heterocycles. The Morgan fingerprint density at radius 2 is 2.21 bits per heavy atom. The molecule has 0 bridgehead atoms. The van der Waals surface area contributed by atoms with Gasteiger partial charge in [-0.2, -0.15) is 0 Å². The van der Waals surface area contributed by atoms with Crippen LogP contribution in [-0.4, -0.2) is 20.6 Å². The van der Waals surface area contributed by atoms with Crippen molar-refractivity contribution in [1.29, 1.82) is 0 Å². The van der Waals surface area contributed by atoms with E-state index in [1.807, 2.05) is 4.57 Å². The van der Waals surface area contributed by atoms with E-state index in [9.17, 15) is 4.79 Å². The standard InChI is InChI=1S/C9H11ClN2O2/c10-8-7(9(13)14)11-6-4-2-1-3-5-12(6)8/h1-5H2,(H,13,14). The highest BCUT2D eigenvalue weighted by Crippen LogP contribution is 2.23. The van der Waals surface area contributed by atoms with Crippen LogP contribution in [-0.2, 0) is 13.0 Å². The molecule has 4 nitrogen and oxygen atoms in total. The summed E-state index contributed by atoms with van der Waals surface area (Å²) in [6.45, 7) is 0.786. The maximum atomic E-state index is 10.8. The average Bonchev–Trinajstić information content (AvgIpc) is 2.37. The van der Waals surface area contributed by atoms with E-state index in [1.54, 1.807) is 0 Å². The zero-order chi connectivity index (χ0) is 10.1. The van der Waals surface area contributed by atoms with Gasteiger partial charge < -0.3 is 9.67 Å². The Morgan fingerprint density at radius 3 is 2.93 bits per heavy atom. The fourth-order valence-corrected chi connectivity index (χ4v) is 2.07. The van der Waals surface area contributed by atoms with Crippen molar-refractivity contribution in [2.75, 3.05) is 0 Å². The van der Waals surface area contributed by atoms with E-state index >= 15 is 0 Å². The fourth-order valence-electron chi connectivity index (χ4n) is 1.76. The molecule has 0 radical (unpaired) electrons. The number of rotatable bonds is 1. The predicted molar refractivity (Wildman–Crippen MR) is 51.8 cm³/mol. The zero-order valence-corrected chi connectivity index (χ0v) is 8.42. The lowest BCUT2D eigenvalue weighted by Gasteiger charge is -2.02. The summed E-state index contributed by atoms with van der Waals surface area (Å²) in [4.78, 5) is 14.8. The van der Waals surface area contributed by atoms with E-state index in [4.69, 9.17) is 16.7 Å². The van der Waals surface area contributed by atoms with Gasteiger partial charge in [-0.15, -0.1) is 0 Å². The van der Waals surface area contributed by atoms with Gasteiger partial charge in [0.15, 0.2) is 5.69 Å². The van der Waals surface area contributed by atoms with Gasteiger partial charge in [0.25, 0.3) is 0 Å². The van der Waals surface area contributed by atoms with Gasteiger partial charge in [-0.25, -0.2) is 9.78 Å². The number of carboxylic acid groups (broad SMARTS) is 1. The van der Waals surface area contributed by atoms with Gasteiger partial charge in [-0.1, -0.05) is 18.0 Å². The summed E-state index contributed by atoms with van der Waals surface area (Å²) in [7, 11) is 0. The van der Waals surface area contributed by atoms with Gasteiger partial charge in [0.2, 0.25) is 0 Å². The molecule has 14 heavy (non-hydrogen) atoms. The summed E-state index contributed by atoms with van der Waals surface area (Å²) >= 11 is 5.93. The number of imidazole rings is 1. The molecule has 0 aromatic carbocycles. The molecular weight excluding hydrogens is 204 g/mol. The van der Waals surface area contributed by atoms with Crippen molar-refractivity contribution in [2.45, 2.75) is 32.2 Å². The Labute approximate surface area is 86.5 Å². The molecule has 1 aromatic rings. The van der Waals surface area contributed by atoms with Gasteiger partial charge in [-0.05, 0) is 12.8 Å². The Morgan fingerprint density at radius 1 is 1.43 bits per heavy atom. The van der Waals surface area contributed by atoms with Crippen LogP contribution in [0.4, 0.5) is 0 Å². The van der Waals surface area contributed by atoms with Crippen molar-refractivity contribution in [3.63, 3.8) is 0 Å². The lowest BCUT2D eigenvalue weighted by molar-refractivity contribution is 0.0691. The minimum absolute atomic E-state index is 0.0106. The van der Waals surface area contributed by atoms with Gasteiger partial charge in [-0.3, -0.25) is 0 Å². The molecule has 0 unspecified atom stereocenters. The average molecular weight is 215 g/mol. The van der Waals surface area contributed by atoms with Gasteiger partial charge in [0, 0.05) is 13.0 Å². The second-order valence-electron chi connectivity index (χ2n) is 3.43. The smallest absolute Gasteiger partial charge is 0.357 e. The maximum absolute atomic E-state index is 10.8. The first-order valence-electron chi connectivity index (χ1n) is 4.68. The van der Waals surface area contributed by atoms with Gasteiger partial charge >= 0.3 is 5.97 Å². The largest absolute Gasteiger partial charge is 0.476 e. The minimum atomic E-state index is -1.05. The number of aromatic nitrogens is 2. The molecule has 5 heteroatoms. The van der Waals surface area contributed by atoms with Crippen LogP contribution < -0.4 is 0 Å². The molecule has 0 fully saturated rings. The number of nitrogens with zero attached hydrogens (tertiary/aromatic N) is 2. The SMILES string of the molecule is O=C(O)c1nc2n(c1Cl)CCCCC2. The van der Waals surface area contributed by atoms with Crippen molar-refractivity contribution < 1.29 is 9.90 Å². The van der Waals surface area contributed by atoms with Crippen molar-refractivity contribution >= 4 is 17.6 Å². The number of halogens is 1. The van der Waals surface area contributed by atoms with Crippen LogP contribution in [0.1, 0.15) is 35.6 Å².